The molecule has 1 aromatic heterocycles. The fraction of sp³-hybridized carbons (Fsp3) is 0.400. The van der Waals surface area contributed by atoms with Crippen LogP contribution < -0.4 is 11.0 Å². The number of hydrogen-bond donors (Lipinski definition) is 1. The lowest BCUT2D eigenvalue weighted by atomic mass is 10.3. The van der Waals surface area contributed by atoms with Gasteiger partial charge in [-0.2, -0.15) is 4.98 Å². The molecule has 0 bridgehead atoms. The van der Waals surface area contributed by atoms with Gasteiger partial charge < -0.3 is 10.1 Å². The van der Waals surface area contributed by atoms with Gasteiger partial charge in [0.1, 0.15) is 12.2 Å². The fourth-order valence-corrected chi connectivity index (χ4v) is 1.43. The normalized spacial score (nSPS) is 11.5. The predicted molar refractivity (Wildman–Crippen MR) is 64.8 cm³/mol. The van der Waals surface area contributed by atoms with E-state index in [0.29, 0.717) is 0 Å². The molecule has 1 amide bonds. The number of esters is 1. The van der Waals surface area contributed by atoms with Crippen molar-refractivity contribution in [1.82, 2.24) is 14.9 Å². The Kier molecular flexibility index (Phi) is 4.89. The molecule has 0 fully saturated rings. The third-order valence-corrected chi connectivity index (χ3v) is 2.29. The molecule has 108 valence electrons. The van der Waals surface area contributed by atoms with E-state index in [1.165, 1.54) is 6.92 Å². The molecule has 1 heterocycles. The summed E-state index contributed by atoms with van der Waals surface area (Å²) in [6, 6.07) is -1.14. The Balaban J connectivity index is 3.06. The topological polar surface area (TPSA) is 133 Å². The van der Waals surface area contributed by atoms with Gasteiger partial charge in [-0.25, -0.2) is 9.59 Å². The SMILES string of the molecule is COC(=O)C(Cn1cc([N+](=O)[O-])cnc1=O)NC(C)=O. The largest absolute Gasteiger partial charge is 0.467 e. The van der Waals surface area contributed by atoms with E-state index < -0.39 is 34.2 Å². The Bertz CT molecular complexity index is 596. The quantitative estimate of drug-likeness (QED) is 0.409. The first kappa shape index (κ1) is 15.3. The third-order valence-electron chi connectivity index (χ3n) is 2.29. The van der Waals surface area contributed by atoms with Gasteiger partial charge in [-0.05, 0) is 0 Å². The summed E-state index contributed by atoms with van der Waals surface area (Å²) < 4.78 is 5.34. The van der Waals surface area contributed by atoms with E-state index >= 15 is 0 Å². The maximum Gasteiger partial charge on any atom is 0.348 e. The van der Waals surface area contributed by atoms with Gasteiger partial charge in [-0.3, -0.25) is 19.5 Å². The molecule has 1 N–H and O–H groups in total. The van der Waals surface area contributed by atoms with Crippen LogP contribution in [0.5, 0.6) is 0 Å². The summed E-state index contributed by atoms with van der Waals surface area (Å²) in [4.78, 5) is 47.2. The minimum Gasteiger partial charge on any atom is -0.467 e. The van der Waals surface area contributed by atoms with Gasteiger partial charge in [0.15, 0.2) is 0 Å². The van der Waals surface area contributed by atoms with Gasteiger partial charge >= 0.3 is 17.3 Å². The van der Waals surface area contributed by atoms with Crippen molar-refractivity contribution in [2.24, 2.45) is 0 Å². The number of nitrogens with zero attached hydrogens (tertiary/aromatic N) is 3. The van der Waals surface area contributed by atoms with Crippen molar-refractivity contribution in [3.63, 3.8) is 0 Å². The van der Waals surface area contributed by atoms with Crippen LogP contribution in [-0.4, -0.2) is 39.5 Å². The van der Waals surface area contributed by atoms with Crippen molar-refractivity contribution in [2.75, 3.05) is 7.11 Å². The number of aromatic nitrogens is 2. The van der Waals surface area contributed by atoms with Crippen LogP contribution in [0.15, 0.2) is 17.2 Å². The second kappa shape index (κ2) is 6.41. The number of nitrogens with one attached hydrogen (secondary N) is 1. The zero-order valence-corrected chi connectivity index (χ0v) is 10.7. The van der Waals surface area contributed by atoms with E-state index in [0.717, 1.165) is 24.1 Å². The third kappa shape index (κ3) is 3.86. The molecule has 0 saturated carbocycles. The van der Waals surface area contributed by atoms with Crippen LogP contribution in [0.4, 0.5) is 5.69 Å². The van der Waals surface area contributed by atoms with E-state index in [9.17, 15) is 24.5 Å². The molecule has 0 aliphatic heterocycles. The number of hydrogen-bond acceptors (Lipinski definition) is 7. The molecule has 20 heavy (non-hydrogen) atoms. The number of rotatable bonds is 5. The number of carbonyl (C=O) groups is 2. The molecule has 1 atom stereocenters. The number of carbonyl (C=O) groups excluding carboxylic acids is 2. The lowest BCUT2D eigenvalue weighted by Gasteiger charge is -2.16. The molecule has 0 aliphatic carbocycles. The predicted octanol–water partition coefficient (Wildman–Crippen LogP) is -1.17. The van der Waals surface area contributed by atoms with Crippen LogP contribution in [0.1, 0.15) is 6.92 Å². The minimum atomic E-state index is -1.14. The van der Waals surface area contributed by atoms with Crippen molar-refractivity contribution in [3.05, 3.63) is 33.0 Å². The standard InChI is InChI=1S/C10H12N4O6/c1-6(15)12-8(9(16)20-2)5-13-4-7(14(18)19)3-11-10(13)17/h3-4,8H,5H2,1-2H3,(H,12,15). The molecule has 10 heteroatoms. The smallest absolute Gasteiger partial charge is 0.348 e. The zero-order valence-electron chi connectivity index (χ0n) is 10.7. The van der Waals surface area contributed by atoms with Crippen LogP contribution in [0.25, 0.3) is 0 Å². The summed E-state index contributed by atoms with van der Waals surface area (Å²) in [5.41, 5.74) is -1.19. The van der Waals surface area contributed by atoms with Crippen LogP contribution >= 0.6 is 0 Å². The molecular weight excluding hydrogens is 272 g/mol. The lowest BCUT2D eigenvalue weighted by Crippen LogP contribution is -2.45. The molecule has 0 spiro atoms. The van der Waals surface area contributed by atoms with Crippen LogP contribution in [0, 0.1) is 10.1 Å². The van der Waals surface area contributed by atoms with Gasteiger partial charge in [0, 0.05) is 6.92 Å². The lowest BCUT2D eigenvalue weighted by molar-refractivity contribution is -0.385. The molecule has 0 radical (unpaired) electrons. The average molecular weight is 284 g/mol. The Hall–Kier alpha value is -2.78. The van der Waals surface area contributed by atoms with E-state index in [-0.39, 0.29) is 6.54 Å². The first-order valence-corrected chi connectivity index (χ1v) is 5.41. The highest BCUT2D eigenvalue weighted by Crippen LogP contribution is 2.05. The highest BCUT2D eigenvalue weighted by molar-refractivity contribution is 5.83. The summed E-state index contributed by atoms with van der Waals surface area (Å²) in [5, 5.41) is 12.9. The van der Waals surface area contributed by atoms with E-state index in [1.807, 2.05) is 0 Å². The molecule has 10 nitrogen and oxygen atoms in total. The first-order chi connectivity index (χ1) is 9.35. The fourth-order valence-electron chi connectivity index (χ4n) is 1.43. The van der Waals surface area contributed by atoms with Crippen molar-refractivity contribution in [2.45, 2.75) is 19.5 Å². The molecule has 1 aromatic rings. The molecular formula is C10H12N4O6. The van der Waals surface area contributed by atoms with Gasteiger partial charge in [0.25, 0.3) is 0 Å². The van der Waals surface area contributed by atoms with Crippen molar-refractivity contribution < 1.29 is 19.2 Å². The molecule has 1 rings (SSSR count). The number of ether oxygens (including phenoxy) is 1. The Labute approximate surface area is 112 Å². The second-order valence-corrected chi connectivity index (χ2v) is 3.78. The minimum absolute atomic E-state index is 0.320. The summed E-state index contributed by atoms with van der Waals surface area (Å²) in [7, 11) is 1.12. The van der Waals surface area contributed by atoms with Gasteiger partial charge in [-0.1, -0.05) is 0 Å². The number of amides is 1. The van der Waals surface area contributed by atoms with Crippen LogP contribution in [0.3, 0.4) is 0 Å². The summed E-state index contributed by atoms with van der Waals surface area (Å²) in [5.74, 6) is -1.29. The molecule has 1 unspecified atom stereocenters. The van der Waals surface area contributed by atoms with Crippen molar-refractivity contribution in [1.29, 1.82) is 0 Å². The van der Waals surface area contributed by atoms with Crippen molar-refractivity contribution >= 4 is 17.6 Å². The van der Waals surface area contributed by atoms with Gasteiger partial charge in [-0.15, -0.1) is 0 Å². The molecule has 0 aliphatic rings. The summed E-state index contributed by atoms with van der Waals surface area (Å²) in [6.45, 7) is 0.865. The summed E-state index contributed by atoms with van der Waals surface area (Å²) in [6.07, 6.45) is 1.75. The van der Waals surface area contributed by atoms with Gasteiger partial charge in [0.05, 0.1) is 24.8 Å². The number of methoxy groups -OCH3 is 1. The maximum absolute atomic E-state index is 11.5. The maximum atomic E-state index is 11.5. The Morgan fingerprint density at radius 3 is 2.75 bits per heavy atom. The molecule has 0 aromatic carbocycles. The van der Waals surface area contributed by atoms with Crippen LogP contribution in [-0.2, 0) is 20.9 Å². The van der Waals surface area contributed by atoms with Gasteiger partial charge in [0.2, 0.25) is 5.91 Å². The summed E-state index contributed by atoms with van der Waals surface area (Å²) >= 11 is 0. The number of nitro groups is 1. The second-order valence-electron chi connectivity index (χ2n) is 3.78. The molecule has 0 saturated heterocycles. The average Bonchev–Trinajstić information content (AvgIpc) is 2.38. The highest BCUT2D eigenvalue weighted by atomic mass is 16.6. The zero-order chi connectivity index (χ0) is 15.3. The van der Waals surface area contributed by atoms with E-state index in [4.69, 9.17) is 0 Å². The Morgan fingerprint density at radius 2 is 2.25 bits per heavy atom. The van der Waals surface area contributed by atoms with Crippen LogP contribution in [0.2, 0.25) is 0 Å². The van der Waals surface area contributed by atoms with E-state index in [2.05, 4.69) is 15.0 Å². The van der Waals surface area contributed by atoms with Crippen molar-refractivity contribution in [3.8, 4) is 0 Å². The first-order valence-electron chi connectivity index (χ1n) is 5.41. The highest BCUT2D eigenvalue weighted by Gasteiger charge is 2.22. The monoisotopic (exact) mass is 284 g/mol. The Morgan fingerprint density at radius 1 is 1.60 bits per heavy atom. The van der Waals surface area contributed by atoms with E-state index in [1.54, 1.807) is 0 Å².